The number of anilines is 1. The van der Waals surface area contributed by atoms with E-state index in [0.29, 0.717) is 6.04 Å². The number of pyridine rings is 1. The first-order valence-electron chi connectivity index (χ1n) is 7.73. The van der Waals surface area contributed by atoms with E-state index in [4.69, 9.17) is 4.98 Å². The van der Waals surface area contributed by atoms with E-state index in [2.05, 4.69) is 53.0 Å². The number of nitrogens with zero attached hydrogens (tertiary/aromatic N) is 2. The molecule has 1 aromatic rings. The summed E-state index contributed by atoms with van der Waals surface area (Å²) in [6, 6.07) is 2.78. The molecule has 2 unspecified atom stereocenters. The van der Waals surface area contributed by atoms with Gasteiger partial charge >= 0.3 is 0 Å². The van der Waals surface area contributed by atoms with Crippen molar-refractivity contribution in [2.75, 3.05) is 18.0 Å². The van der Waals surface area contributed by atoms with Crippen molar-refractivity contribution in [1.29, 1.82) is 0 Å². The molecule has 1 saturated heterocycles. The van der Waals surface area contributed by atoms with E-state index in [1.165, 1.54) is 18.4 Å². The Morgan fingerprint density at radius 1 is 1.45 bits per heavy atom. The molecule has 1 fully saturated rings. The quantitative estimate of drug-likeness (QED) is 0.822. The first-order chi connectivity index (χ1) is 9.61. The molecule has 2 heterocycles. The SMILES string of the molecule is CCCNCc1cc(Br)cnc1N1CCC(C)CC1C. The van der Waals surface area contributed by atoms with Crippen LogP contribution in [0, 0.1) is 5.92 Å². The van der Waals surface area contributed by atoms with Gasteiger partial charge in [0.25, 0.3) is 0 Å². The summed E-state index contributed by atoms with van der Waals surface area (Å²) in [4.78, 5) is 7.18. The summed E-state index contributed by atoms with van der Waals surface area (Å²) in [5.74, 6) is 1.99. The molecular formula is C16H26BrN3. The van der Waals surface area contributed by atoms with E-state index < -0.39 is 0 Å². The molecule has 4 heteroatoms. The van der Waals surface area contributed by atoms with Crippen LogP contribution in [-0.4, -0.2) is 24.1 Å². The minimum atomic E-state index is 0.581. The van der Waals surface area contributed by atoms with Crippen molar-refractivity contribution in [3.05, 3.63) is 22.3 Å². The fourth-order valence-electron chi connectivity index (χ4n) is 2.98. The van der Waals surface area contributed by atoms with Gasteiger partial charge in [-0.2, -0.15) is 0 Å². The molecule has 0 aliphatic carbocycles. The second-order valence-corrected chi connectivity index (χ2v) is 6.90. The van der Waals surface area contributed by atoms with Gasteiger partial charge in [0.2, 0.25) is 0 Å². The Balaban J connectivity index is 2.17. The van der Waals surface area contributed by atoms with Gasteiger partial charge in [-0.05, 0) is 60.6 Å². The van der Waals surface area contributed by atoms with Crippen LogP contribution in [0.3, 0.4) is 0 Å². The third kappa shape index (κ3) is 3.95. The number of rotatable bonds is 5. The zero-order valence-corrected chi connectivity index (χ0v) is 14.4. The van der Waals surface area contributed by atoms with Gasteiger partial charge in [0.15, 0.2) is 0 Å². The summed E-state index contributed by atoms with van der Waals surface area (Å²) in [5.41, 5.74) is 1.30. The van der Waals surface area contributed by atoms with Crippen LogP contribution in [0.4, 0.5) is 5.82 Å². The predicted octanol–water partition coefficient (Wildman–Crippen LogP) is 3.97. The standard InChI is InChI=1S/C16H26BrN3/c1-4-6-18-10-14-9-15(17)11-19-16(14)20-7-5-12(2)8-13(20)3/h9,11-13,18H,4-8,10H2,1-3H3. The van der Waals surface area contributed by atoms with Gasteiger partial charge in [-0.1, -0.05) is 13.8 Å². The van der Waals surface area contributed by atoms with Gasteiger partial charge in [-0.3, -0.25) is 0 Å². The fraction of sp³-hybridized carbons (Fsp3) is 0.688. The highest BCUT2D eigenvalue weighted by Crippen LogP contribution is 2.29. The van der Waals surface area contributed by atoms with Crippen LogP contribution >= 0.6 is 15.9 Å². The van der Waals surface area contributed by atoms with Gasteiger partial charge in [0, 0.05) is 35.4 Å². The van der Waals surface area contributed by atoms with Gasteiger partial charge in [-0.25, -0.2) is 4.98 Å². The molecule has 1 aliphatic heterocycles. The van der Waals surface area contributed by atoms with Gasteiger partial charge in [0.1, 0.15) is 5.82 Å². The fourth-order valence-corrected chi connectivity index (χ4v) is 3.36. The molecule has 1 aromatic heterocycles. The minimum Gasteiger partial charge on any atom is -0.354 e. The zero-order chi connectivity index (χ0) is 14.5. The second-order valence-electron chi connectivity index (χ2n) is 5.99. The lowest BCUT2D eigenvalue weighted by atomic mass is 9.93. The van der Waals surface area contributed by atoms with Crippen LogP contribution in [0.1, 0.15) is 45.6 Å². The molecule has 0 spiro atoms. The number of aromatic nitrogens is 1. The smallest absolute Gasteiger partial charge is 0.133 e. The largest absolute Gasteiger partial charge is 0.354 e. The van der Waals surface area contributed by atoms with Crippen molar-refractivity contribution < 1.29 is 0 Å². The molecule has 2 rings (SSSR count). The normalized spacial score (nSPS) is 23.1. The summed E-state index contributed by atoms with van der Waals surface area (Å²) in [6.45, 7) is 9.95. The lowest BCUT2D eigenvalue weighted by Crippen LogP contribution is -2.41. The topological polar surface area (TPSA) is 28.2 Å². The summed E-state index contributed by atoms with van der Waals surface area (Å²) < 4.78 is 1.06. The zero-order valence-electron chi connectivity index (χ0n) is 12.8. The lowest BCUT2D eigenvalue weighted by molar-refractivity contribution is 0.375. The maximum Gasteiger partial charge on any atom is 0.133 e. The van der Waals surface area contributed by atoms with E-state index in [9.17, 15) is 0 Å². The van der Waals surface area contributed by atoms with Crippen molar-refractivity contribution in [2.45, 2.75) is 52.6 Å². The second kappa shape index (κ2) is 7.41. The molecule has 0 aromatic carbocycles. The van der Waals surface area contributed by atoms with Gasteiger partial charge in [-0.15, -0.1) is 0 Å². The molecule has 112 valence electrons. The molecule has 0 radical (unpaired) electrons. The number of hydrogen-bond acceptors (Lipinski definition) is 3. The Kier molecular flexibility index (Phi) is 5.85. The van der Waals surface area contributed by atoms with E-state index >= 15 is 0 Å². The van der Waals surface area contributed by atoms with Crippen LogP contribution in [0.25, 0.3) is 0 Å². The highest BCUT2D eigenvalue weighted by molar-refractivity contribution is 9.10. The summed E-state index contributed by atoms with van der Waals surface area (Å²) in [5, 5.41) is 3.49. The number of nitrogens with one attached hydrogen (secondary N) is 1. The van der Waals surface area contributed by atoms with Crippen LogP contribution in [0.5, 0.6) is 0 Å². The highest BCUT2D eigenvalue weighted by Gasteiger charge is 2.25. The number of piperidine rings is 1. The molecule has 3 nitrogen and oxygen atoms in total. The Labute approximate surface area is 131 Å². The Bertz CT molecular complexity index is 436. The van der Waals surface area contributed by atoms with Crippen molar-refractivity contribution in [2.24, 2.45) is 5.92 Å². The van der Waals surface area contributed by atoms with Crippen molar-refractivity contribution in [1.82, 2.24) is 10.3 Å². The molecule has 20 heavy (non-hydrogen) atoms. The van der Waals surface area contributed by atoms with Crippen molar-refractivity contribution in [3.8, 4) is 0 Å². The summed E-state index contributed by atoms with van der Waals surface area (Å²) in [6.07, 6.45) is 5.61. The summed E-state index contributed by atoms with van der Waals surface area (Å²) >= 11 is 3.55. The van der Waals surface area contributed by atoms with E-state index in [0.717, 1.165) is 42.3 Å². The molecular weight excluding hydrogens is 314 g/mol. The van der Waals surface area contributed by atoms with Gasteiger partial charge < -0.3 is 10.2 Å². The molecule has 1 N–H and O–H groups in total. The van der Waals surface area contributed by atoms with Crippen LogP contribution in [0.2, 0.25) is 0 Å². The van der Waals surface area contributed by atoms with E-state index in [1.807, 2.05) is 6.20 Å². The maximum absolute atomic E-state index is 4.70. The lowest BCUT2D eigenvalue weighted by Gasteiger charge is -2.38. The first kappa shape index (κ1) is 15.8. The van der Waals surface area contributed by atoms with Crippen LogP contribution < -0.4 is 10.2 Å². The molecule has 1 aliphatic rings. The Morgan fingerprint density at radius 2 is 2.25 bits per heavy atom. The van der Waals surface area contributed by atoms with Crippen LogP contribution in [0.15, 0.2) is 16.7 Å². The Hall–Kier alpha value is -0.610. The average molecular weight is 340 g/mol. The van der Waals surface area contributed by atoms with Gasteiger partial charge in [0.05, 0.1) is 0 Å². The number of hydrogen-bond donors (Lipinski definition) is 1. The number of halogens is 1. The third-order valence-corrected chi connectivity index (χ3v) is 4.50. The summed E-state index contributed by atoms with van der Waals surface area (Å²) in [7, 11) is 0. The first-order valence-corrected chi connectivity index (χ1v) is 8.53. The molecule has 0 bridgehead atoms. The monoisotopic (exact) mass is 339 g/mol. The third-order valence-electron chi connectivity index (χ3n) is 4.06. The minimum absolute atomic E-state index is 0.581. The molecule has 0 amide bonds. The maximum atomic E-state index is 4.70. The highest BCUT2D eigenvalue weighted by atomic mass is 79.9. The predicted molar refractivity (Wildman–Crippen MR) is 89.1 cm³/mol. The van der Waals surface area contributed by atoms with E-state index in [-0.39, 0.29) is 0 Å². The van der Waals surface area contributed by atoms with Crippen molar-refractivity contribution >= 4 is 21.7 Å². The van der Waals surface area contributed by atoms with Crippen molar-refractivity contribution in [3.63, 3.8) is 0 Å². The average Bonchev–Trinajstić information content (AvgIpc) is 2.40. The van der Waals surface area contributed by atoms with E-state index in [1.54, 1.807) is 0 Å². The Morgan fingerprint density at radius 3 is 2.95 bits per heavy atom. The molecule has 2 atom stereocenters. The molecule has 0 saturated carbocycles. The van der Waals surface area contributed by atoms with Crippen LogP contribution in [-0.2, 0) is 6.54 Å².